The molecular weight excluding hydrogens is 156 g/mol. The summed E-state index contributed by atoms with van der Waals surface area (Å²) >= 11 is 0. The second-order valence-corrected chi connectivity index (χ2v) is 2.23. The molecule has 0 spiro atoms. The molecule has 5 nitrogen and oxygen atoms in total. The van der Waals surface area contributed by atoms with Gasteiger partial charge in [-0.1, -0.05) is 0 Å². The number of nitrogens with two attached hydrogens (primary N) is 1. The zero-order valence-corrected chi connectivity index (χ0v) is 6.95. The smallest absolute Gasteiger partial charge is 0.220 e. The summed E-state index contributed by atoms with van der Waals surface area (Å²) in [6.07, 6.45) is 3.11. The maximum atomic E-state index is 5.29. The molecule has 0 bridgehead atoms. The van der Waals surface area contributed by atoms with Gasteiger partial charge in [0, 0.05) is 6.54 Å². The quantitative estimate of drug-likeness (QED) is 0.601. The molecular formula is C7H12N4O. The molecule has 0 unspecified atom stereocenters. The number of hydrogen-bond donors (Lipinski definition) is 2. The molecule has 1 heterocycles. The lowest BCUT2D eigenvalue weighted by Gasteiger charge is -2.03. The maximum Gasteiger partial charge on any atom is 0.220 e. The third-order valence-electron chi connectivity index (χ3n) is 1.27. The van der Waals surface area contributed by atoms with E-state index in [1.165, 1.54) is 0 Å². The lowest BCUT2D eigenvalue weighted by molar-refractivity contribution is 0.316. The number of nitrogens with one attached hydrogen (secondary N) is 1. The Balaban J connectivity index is 2.37. The summed E-state index contributed by atoms with van der Waals surface area (Å²) < 4.78 is 5.26. The van der Waals surface area contributed by atoms with Gasteiger partial charge in [-0.2, -0.15) is 0 Å². The highest BCUT2D eigenvalue weighted by atomic mass is 16.5. The molecule has 3 N–H and O–H groups in total. The van der Waals surface area contributed by atoms with Crippen molar-refractivity contribution in [1.29, 1.82) is 0 Å². The van der Waals surface area contributed by atoms with E-state index in [1.54, 1.807) is 12.4 Å². The first kappa shape index (κ1) is 8.73. The molecule has 0 aromatic carbocycles. The van der Waals surface area contributed by atoms with Crippen LogP contribution in [0.25, 0.3) is 0 Å². The summed E-state index contributed by atoms with van der Waals surface area (Å²) in [6.45, 7) is 1.40. The Labute approximate surface area is 71.0 Å². The Bertz CT molecular complexity index is 223. The van der Waals surface area contributed by atoms with Crippen molar-refractivity contribution in [2.45, 2.75) is 0 Å². The molecule has 1 rings (SSSR count). The van der Waals surface area contributed by atoms with Crippen LogP contribution in [0.15, 0.2) is 12.4 Å². The minimum atomic E-state index is 0.260. The second-order valence-electron chi connectivity index (χ2n) is 2.23. The van der Waals surface area contributed by atoms with Crippen LogP contribution in [0.2, 0.25) is 0 Å². The summed E-state index contributed by atoms with van der Waals surface area (Å²) in [5.74, 6) is 0.899. The van der Waals surface area contributed by atoms with Gasteiger partial charge in [0.1, 0.15) is 6.61 Å². The van der Waals surface area contributed by atoms with Gasteiger partial charge in [0.05, 0.1) is 12.4 Å². The molecule has 0 saturated carbocycles. The molecule has 1 aromatic heterocycles. The number of ether oxygens (including phenoxy) is 1. The normalized spacial score (nSPS) is 9.75. The van der Waals surface area contributed by atoms with Crippen LogP contribution in [0, 0.1) is 0 Å². The summed E-state index contributed by atoms with van der Waals surface area (Å²) in [7, 11) is 1.86. The molecule has 0 amide bonds. The fourth-order valence-electron chi connectivity index (χ4n) is 0.672. The van der Waals surface area contributed by atoms with Crippen molar-refractivity contribution >= 4 is 5.95 Å². The van der Waals surface area contributed by atoms with E-state index in [-0.39, 0.29) is 5.95 Å². The van der Waals surface area contributed by atoms with E-state index >= 15 is 0 Å². The summed E-state index contributed by atoms with van der Waals surface area (Å²) in [4.78, 5) is 7.56. The van der Waals surface area contributed by atoms with E-state index in [1.807, 2.05) is 7.05 Å². The van der Waals surface area contributed by atoms with Crippen LogP contribution < -0.4 is 15.8 Å². The van der Waals surface area contributed by atoms with Crippen LogP contribution in [0.5, 0.6) is 5.75 Å². The van der Waals surface area contributed by atoms with Crippen LogP contribution >= 0.6 is 0 Å². The van der Waals surface area contributed by atoms with Gasteiger partial charge < -0.3 is 15.8 Å². The standard InChI is InChI=1S/C7H12N4O/c1-9-2-3-12-6-4-10-7(8)11-5-6/h4-5,9H,2-3H2,1H3,(H2,8,10,11). The summed E-state index contributed by atoms with van der Waals surface area (Å²) in [5, 5.41) is 2.96. The highest BCUT2D eigenvalue weighted by Gasteiger charge is 1.93. The summed E-state index contributed by atoms with van der Waals surface area (Å²) in [5.41, 5.74) is 5.29. The molecule has 0 saturated heterocycles. The highest BCUT2D eigenvalue weighted by Crippen LogP contribution is 2.05. The Kier molecular flexibility index (Phi) is 3.28. The van der Waals surface area contributed by atoms with Crippen LogP contribution in [0.4, 0.5) is 5.95 Å². The van der Waals surface area contributed by atoms with Crippen molar-refractivity contribution in [2.75, 3.05) is 25.9 Å². The fraction of sp³-hybridized carbons (Fsp3) is 0.429. The van der Waals surface area contributed by atoms with Gasteiger partial charge in [0.25, 0.3) is 0 Å². The topological polar surface area (TPSA) is 73.1 Å². The number of likely N-dealkylation sites (N-methyl/N-ethyl adjacent to an activating group) is 1. The second kappa shape index (κ2) is 4.50. The van der Waals surface area contributed by atoms with Gasteiger partial charge >= 0.3 is 0 Å². The fourth-order valence-corrected chi connectivity index (χ4v) is 0.672. The number of nitrogens with zero attached hydrogens (tertiary/aromatic N) is 2. The molecule has 0 aliphatic heterocycles. The number of aromatic nitrogens is 2. The predicted octanol–water partition coefficient (Wildman–Crippen LogP) is -0.343. The van der Waals surface area contributed by atoms with Crippen molar-refractivity contribution in [1.82, 2.24) is 15.3 Å². The molecule has 12 heavy (non-hydrogen) atoms. The molecule has 0 fully saturated rings. The first-order valence-corrected chi connectivity index (χ1v) is 3.68. The predicted molar refractivity (Wildman–Crippen MR) is 45.9 cm³/mol. The van der Waals surface area contributed by atoms with Gasteiger partial charge in [-0.25, -0.2) is 9.97 Å². The first-order chi connectivity index (χ1) is 5.83. The van der Waals surface area contributed by atoms with Crippen molar-refractivity contribution in [3.8, 4) is 5.75 Å². The minimum Gasteiger partial charge on any atom is -0.489 e. The monoisotopic (exact) mass is 168 g/mol. The van der Waals surface area contributed by atoms with E-state index < -0.39 is 0 Å². The average molecular weight is 168 g/mol. The number of nitrogen functional groups attached to an aromatic ring is 1. The largest absolute Gasteiger partial charge is 0.489 e. The molecule has 1 aromatic rings. The first-order valence-electron chi connectivity index (χ1n) is 3.68. The Hall–Kier alpha value is -1.36. The lowest BCUT2D eigenvalue weighted by atomic mass is 10.6. The number of hydrogen-bond acceptors (Lipinski definition) is 5. The van der Waals surface area contributed by atoms with Crippen LogP contribution in [-0.4, -0.2) is 30.2 Å². The van der Waals surface area contributed by atoms with E-state index in [4.69, 9.17) is 10.5 Å². The minimum absolute atomic E-state index is 0.260. The average Bonchev–Trinajstić information content (AvgIpc) is 2.09. The van der Waals surface area contributed by atoms with Crippen molar-refractivity contribution in [3.05, 3.63) is 12.4 Å². The molecule has 0 aliphatic carbocycles. The zero-order valence-electron chi connectivity index (χ0n) is 6.95. The van der Waals surface area contributed by atoms with Crippen molar-refractivity contribution in [2.24, 2.45) is 0 Å². The van der Waals surface area contributed by atoms with E-state index in [2.05, 4.69) is 15.3 Å². The van der Waals surface area contributed by atoms with Crippen LogP contribution in [0.1, 0.15) is 0 Å². The van der Waals surface area contributed by atoms with Crippen molar-refractivity contribution < 1.29 is 4.74 Å². The third-order valence-corrected chi connectivity index (χ3v) is 1.27. The Morgan fingerprint density at radius 3 is 2.75 bits per heavy atom. The molecule has 0 radical (unpaired) electrons. The molecule has 5 heteroatoms. The Morgan fingerprint density at radius 2 is 2.17 bits per heavy atom. The van der Waals surface area contributed by atoms with Gasteiger partial charge in [-0.05, 0) is 7.05 Å². The number of rotatable bonds is 4. The highest BCUT2D eigenvalue weighted by molar-refractivity contribution is 5.20. The van der Waals surface area contributed by atoms with Gasteiger partial charge in [-0.3, -0.25) is 0 Å². The molecule has 0 aliphatic rings. The third kappa shape index (κ3) is 2.71. The Morgan fingerprint density at radius 1 is 1.50 bits per heavy atom. The lowest BCUT2D eigenvalue weighted by Crippen LogP contribution is -2.16. The van der Waals surface area contributed by atoms with Crippen LogP contribution in [-0.2, 0) is 0 Å². The zero-order chi connectivity index (χ0) is 8.81. The molecule has 0 atom stereocenters. The van der Waals surface area contributed by atoms with E-state index in [0.29, 0.717) is 12.4 Å². The van der Waals surface area contributed by atoms with Gasteiger partial charge in [-0.15, -0.1) is 0 Å². The van der Waals surface area contributed by atoms with Gasteiger partial charge in [0.15, 0.2) is 5.75 Å². The molecule has 66 valence electrons. The van der Waals surface area contributed by atoms with Crippen LogP contribution in [0.3, 0.4) is 0 Å². The SMILES string of the molecule is CNCCOc1cnc(N)nc1. The van der Waals surface area contributed by atoms with E-state index in [0.717, 1.165) is 6.54 Å². The van der Waals surface area contributed by atoms with E-state index in [9.17, 15) is 0 Å². The number of anilines is 1. The van der Waals surface area contributed by atoms with Gasteiger partial charge in [0.2, 0.25) is 5.95 Å². The summed E-state index contributed by atoms with van der Waals surface area (Å²) in [6, 6.07) is 0. The maximum absolute atomic E-state index is 5.29. The van der Waals surface area contributed by atoms with Crippen molar-refractivity contribution in [3.63, 3.8) is 0 Å².